The number of hydrogen-bond donors (Lipinski definition) is 2. The SMILES string of the molecule is OC1CCCC(NCc2cc(Cl)ccc2OC(F)F)C1. The maximum absolute atomic E-state index is 12.3. The van der Waals surface area contributed by atoms with Crippen molar-refractivity contribution in [1.29, 1.82) is 0 Å². The Morgan fingerprint density at radius 3 is 2.90 bits per heavy atom. The number of aliphatic hydroxyl groups is 1. The van der Waals surface area contributed by atoms with Crippen molar-refractivity contribution >= 4 is 11.6 Å². The lowest BCUT2D eigenvalue weighted by Crippen LogP contribution is -2.35. The molecule has 0 bridgehead atoms. The molecule has 2 atom stereocenters. The number of nitrogens with one attached hydrogen (secondary N) is 1. The zero-order valence-electron chi connectivity index (χ0n) is 11.0. The summed E-state index contributed by atoms with van der Waals surface area (Å²) in [7, 11) is 0. The van der Waals surface area contributed by atoms with Gasteiger partial charge in [0, 0.05) is 23.2 Å². The summed E-state index contributed by atoms with van der Waals surface area (Å²) >= 11 is 5.89. The third-order valence-corrected chi connectivity index (χ3v) is 3.70. The monoisotopic (exact) mass is 305 g/mol. The summed E-state index contributed by atoms with van der Waals surface area (Å²) in [5.41, 5.74) is 0.595. The van der Waals surface area contributed by atoms with E-state index < -0.39 is 6.61 Å². The van der Waals surface area contributed by atoms with Crippen LogP contribution in [0, 0.1) is 0 Å². The molecule has 0 radical (unpaired) electrons. The van der Waals surface area contributed by atoms with E-state index in [4.69, 9.17) is 11.6 Å². The van der Waals surface area contributed by atoms with E-state index >= 15 is 0 Å². The van der Waals surface area contributed by atoms with Gasteiger partial charge in [-0.3, -0.25) is 0 Å². The third-order valence-electron chi connectivity index (χ3n) is 3.47. The highest BCUT2D eigenvalue weighted by atomic mass is 35.5. The van der Waals surface area contributed by atoms with Gasteiger partial charge in [-0.15, -0.1) is 0 Å². The first-order valence-electron chi connectivity index (χ1n) is 6.69. The first-order valence-corrected chi connectivity index (χ1v) is 7.07. The van der Waals surface area contributed by atoms with Crippen LogP contribution in [0.4, 0.5) is 8.78 Å². The molecule has 1 saturated carbocycles. The Bertz CT molecular complexity index is 445. The molecule has 0 saturated heterocycles. The van der Waals surface area contributed by atoms with Gasteiger partial charge in [-0.1, -0.05) is 11.6 Å². The highest BCUT2D eigenvalue weighted by Gasteiger charge is 2.20. The lowest BCUT2D eigenvalue weighted by atomic mass is 9.93. The van der Waals surface area contributed by atoms with E-state index in [0.29, 0.717) is 23.6 Å². The molecule has 2 N–H and O–H groups in total. The smallest absolute Gasteiger partial charge is 0.387 e. The van der Waals surface area contributed by atoms with Gasteiger partial charge < -0.3 is 15.2 Å². The number of aliphatic hydroxyl groups excluding tert-OH is 1. The van der Waals surface area contributed by atoms with Crippen molar-refractivity contribution in [3.63, 3.8) is 0 Å². The van der Waals surface area contributed by atoms with E-state index in [9.17, 15) is 13.9 Å². The van der Waals surface area contributed by atoms with Crippen LogP contribution >= 0.6 is 11.6 Å². The van der Waals surface area contributed by atoms with Gasteiger partial charge in [0.05, 0.1) is 6.10 Å². The van der Waals surface area contributed by atoms with Crippen molar-refractivity contribution in [2.24, 2.45) is 0 Å². The summed E-state index contributed by atoms with van der Waals surface area (Å²) in [5.74, 6) is 0.133. The van der Waals surface area contributed by atoms with E-state index in [2.05, 4.69) is 10.1 Å². The maximum Gasteiger partial charge on any atom is 0.387 e. The molecular weight excluding hydrogens is 288 g/mol. The highest BCUT2D eigenvalue weighted by molar-refractivity contribution is 6.30. The molecule has 1 fully saturated rings. The molecule has 1 aromatic rings. The molecule has 2 unspecified atom stereocenters. The standard InChI is InChI=1S/C14H18ClF2NO2/c15-10-4-5-13(20-14(16)17)9(6-10)8-18-11-2-1-3-12(19)7-11/h4-6,11-12,14,18-19H,1-3,7-8H2. The van der Waals surface area contributed by atoms with E-state index in [-0.39, 0.29) is 17.9 Å². The molecule has 0 aliphatic heterocycles. The Kier molecular flexibility index (Phi) is 5.57. The van der Waals surface area contributed by atoms with Crippen LogP contribution in [0.2, 0.25) is 5.02 Å². The van der Waals surface area contributed by atoms with Crippen LogP contribution in [-0.2, 0) is 6.54 Å². The van der Waals surface area contributed by atoms with Gasteiger partial charge in [-0.05, 0) is 43.9 Å². The van der Waals surface area contributed by atoms with Crippen molar-refractivity contribution in [2.45, 2.75) is 51.0 Å². The number of alkyl halides is 2. The molecule has 0 heterocycles. The van der Waals surface area contributed by atoms with Crippen molar-refractivity contribution in [2.75, 3.05) is 0 Å². The number of benzene rings is 1. The number of ether oxygens (including phenoxy) is 1. The topological polar surface area (TPSA) is 41.5 Å². The largest absolute Gasteiger partial charge is 0.434 e. The van der Waals surface area contributed by atoms with Crippen molar-refractivity contribution in [3.05, 3.63) is 28.8 Å². The molecule has 1 aliphatic carbocycles. The maximum atomic E-state index is 12.3. The number of rotatable bonds is 5. The zero-order chi connectivity index (χ0) is 14.5. The fourth-order valence-electron chi connectivity index (χ4n) is 2.50. The Balaban J connectivity index is 1.98. The van der Waals surface area contributed by atoms with Gasteiger partial charge in [-0.2, -0.15) is 8.78 Å². The third kappa shape index (κ3) is 4.58. The van der Waals surface area contributed by atoms with Gasteiger partial charge in [0.25, 0.3) is 0 Å². The average molecular weight is 306 g/mol. The van der Waals surface area contributed by atoms with Crippen LogP contribution in [0.3, 0.4) is 0 Å². The number of halogens is 3. The molecule has 6 heteroatoms. The van der Waals surface area contributed by atoms with Crippen molar-refractivity contribution in [3.8, 4) is 5.75 Å². The minimum Gasteiger partial charge on any atom is -0.434 e. The molecule has 1 aliphatic rings. The minimum atomic E-state index is -2.86. The van der Waals surface area contributed by atoms with Crippen molar-refractivity contribution in [1.82, 2.24) is 5.32 Å². The van der Waals surface area contributed by atoms with Crippen LogP contribution < -0.4 is 10.1 Å². The van der Waals surface area contributed by atoms with Crippen molar-refractivity contribution < 1.29 is 18.6 Å². The molecule has 112 valence electrons. The average Bonchev–Trinajstić information content (AvgIpc) is 2.39. The lowest BCUT2D eigenvalue weighted by Gasteiger charge is -2.27. The zero-order valence-corrected chi connectivity index (χ0v) is 11.7. The molecule has 0 amide bonds. The fraction of sp³-hybridized carbons (Fsp3) is 0.571. The predicted octanol–water partition coefficient (Wildman–Crippen LogP) is 3.33. The van der Waals surface area contributed by atoms with E-state index in [1.807, 2.05) is 0 Å². The second-order valence-electron chi connectivity index (χ2n) is 5.03. The van der Waals surface area contributed by atoms with Crippen LogP contribution in [0.5, 0.6) is 5.75 Å². The Hall–Kier alpha value is -0.910. The Labute approximate surface area is 121 Å². The van der Waals surface area contributed by atoms with Gasteiger partial charge in [-0.25, -0.2) is 0 Å². The van der Waals surface area contributed by atoms with E-state index in [1.54, 1.807) is 6.07 Å². The summed E-state index contributed by atoms with van der Waals surface area (Å²) in [6.45, 7) is -2.47. The van der Waals surface area contributed by atoms with Crippen LogP contribution in [0.1, 0.15) is 31.2 Å². The number of hydrogen-bond acceptors (Lipinski definition) is 3. The van der Waals surface area contributed by atoms with Crippen LogP contribution in [-0.4, -0.2) is 23.9 Å². The predicted molar refractivity (Wildman–Crippen MR) is 73.2 cm³/mol. The summed E-state index contributed by atoms with van der Waals surface area (Å²) in [6.07, 6.45) is 3.18. The molecule has 2 rings (SSSR count). The molecule has 20 heavy (non-hydrogen) atoms. The highest BCUT2D eigenvalue weighted by Crippen LogP contribution is 2.25. The normalized spacial score (nSPS) is 23.1. The summed E-state index contributed by atoms with van der Waals surface area (Å²) < 4.78 is 29.2. The summed E-state index contributed by atoms with van der Waals surface area (Å²) in [6, 6.07) is 4.78. The van der Waals surface area contributed by atoms with Crippen LogP contribution in [0.25, 0.3) is 0 Å². The molecular formula is C14H18ClF2NO2. The van der Waals surface area contributed by atoms with Crippen LogP contribution in [0.15, 0.2) is 18.2 Å². The molecule has 1 aromatic carbocycles. The summed E-state index contributed by atoms with van der Waals surface area (Å²) in [5, 5.41) is 13.4. The van der Waals surface area contributed by atoms with Gasteiger partial charge in [0.2, 0.25) is 0 Å². The molecule has 3 nitrogen and oxygen atoms in total. The van der Waals surface area contributed by atoms with E-state index in [1.165, 1.54) is 12.1 Å². The second-order valence-corrected chi connectivity index (χ2v) is 5.47. The van der Waals surface area contributed by atoms with Gasteiger partial charge >= 0.3 is 6.61 Å². The molecule has 0 aromatic heterocycles. The lowest BCUT2D eigenvalue weighted by molar-refractivity contribution is -0.0505. The first-order chi connectivity index (χ1) is 9.54. The summed E-state index contributed by atoms with van der Waals surface area (Å²) in [4.78, 5) is 0. The first kappa shape index (κ1) is 15.5. The fourth-order valence-corrected chi connectivity index (χ4v) is 2.70. The Morgan fingerprint density at radius 1 is 1.40 bits per heavy atom. The Morgan fingerprint density at radius 2 is 2.20 bits per heavy atom. The molecule has 0 spiro atoms. The van der Waals surface area contributed by atoms with Gasteiger partial charge in [0.1, 0.15) is 5.75 Å². The minimum absolute atomic E-state index is 0.133. The van der Waals surface area contributed by atoms with Gasteiger partial charge in [0.15, 0.2) is 0 Å². The quantitative estimate of drug-likeness (QED) is 0.877. The second kappa shape index (κ2) is 7.20. The van der Waals surface area contributed by atoms with E-state index in [0.717, 1.165) is 19.3 Å².